The van der Waals surface area contributed by atoms with Crippen LogP contribution in [-0.4, -0.2) is 28.2 Å². The van der Waals surface area contributed by atoms with Crippen molar-refractivity contribution in [1.29, 1.82) is 0 Å². The number of aliphatic hydroxyl groups is 1. The maximum absolute atomic E-state index is 11.6. The molecule has 18 heavy (non-hydrogen) atoms. The van der Waals surface area contributed by atoms with E-state index in [0.29, 0.717) is 5.56 Å². The summed E-state index contributed by atoms with van der Waals surface area (Å²) in [7, 11) is 0. The van der Waals surface area contributed by atoms with Crippen LogP contribution in [0.15, 0.2) is 30.3 Å². The molecular weight excluding hydrogens is 234 g/mol. The van der Waals surface area contributed by atoms with Crippen molar-refractivity contribution in [3.63, 3.8) is 0 Å². The monoisotopic (exact) mass is 251 g/mol. The van der Waals surface area contributed by atoms with Crippen molar-refractivity contribution in [1.82, 2.24) is 5.32 Å². The summed E-state index contributed by atoms with van der Waals surface area (Å²) in [6.45, 7) is 3.37. The molecule has 1 aromatic rings. The Kier molecular flexibility index (Phi) is 4.85. The van der Waals surface area contributed by atoms with E-state index in [2.05, 4.69) is 5.32 Å². The van der Waals surface area contributed by atoms with Crippen molar-refractivity contribution in [3.8, 4) is 0 Å². The number of rotatable bonds is 5. The van der Waals surface area contributed by atoms with E-state index in [-0.39, 0.29) is 5.92 Å². The van der Waals surface area contributed by atoms with Gasteiger partial charge in [0.05, 0.1) is 0 Å². The lowest BCUT2D eigenvalue weighted by atomic mass is 10.0. The quantitative estimate of drug-likeness (QED) is 0.727. The van der Waals surface area contributed by atoms with Gasteiger partial charge in [-0.1, -0.05) is 44.2 Å². The number of nitrogens with one attached hydrogen (secondary N) is 1. The number of carbonyl (C=O) groups excluding carboxylic acids is 1. The molecule has 0 heterocycles. The predicted octanol–water partition coefficient (Wildman–Crippen LogP) is 0.945. The summed E-state index contributed by atoms with van der Waals surface area (Å²) in [5.41, 5.74) is 0.467. The summed E-state index contributed by atoms with van der Waals surface area (Å²) in [6.07, 6.45) is -1.21. The minimum absolute atomic E-state index is 0.268. The first-order chi connectivity index (χ1) is 8.43. The smallest absolute Gasteiger partial charge is 0.330 e. The lowest BCUT2D eigenvalue weighted by molar-refractivity contribution is -0.144. The summed E-state index contributed by atoms with van der Waals surface area (Å²) in [6, 6.07) is 7.22. The largest absolute Gasteiger partial charge is 0.479 e. The molecule has 0 fully saturated rings. The van der Waals surface area contributed by atoms with E-state index in [9.17, 15) is 14.7 Å². The van der Waals surface area contributed by atoms with Gasteiger partial charge in [-0.25, -0.2) is 4.79 Å². The van der Waals surface area contributed by atoms with Gasteiger partial charge in [-0.2, -0.15) is 0 Å². The first kappa shape index (κ1) is 14.2. The molecule has 0 saturated heterocycles. The Morgan fingerprint density at radius 3 is 2.17 bits per heavy atom. The van der Waals surface area contributed by atoms with Crippen molar-refractivity contribution in [2.24, 2.45) is 5.92 Å². The van der Waals surface area contributed by atoms with Gasteiger partial charge in [0.25, 0.3) is 0 Å². The highest BCUT2D eigenvalue weighted by atomic mass is 16.4. The fourth-order valence-electron chi connectivity index (χ4n) is 1.46. The standard InChI is InChI=1S/C13H17NO4/c1-8(2)11(15)12(16)14-10(13(17)18)9-6-4-3-5-7-9/h3-8,10-11,15H,1-2H3,(H,14,16)(H,17,18). The topological polar surface area (TPSA) is 86.6 Å². The second kappa shape index (κ2) is 6.16. The molecule has 2 unspecified atom stereocenters. The molecule has 1 aromatic carbocycles. The number of carbonyl (C=O) groups is 2. The van der Waals surface area contributed by atoms with Gasteiger partial charge in [-0.05, 0) is 11.5 Å². The van der Waals surface area contributed by atoms with E-state index < -0.39 is 24.0 Å². The summed E-state index contributed by atoms with van der Waals surface area (Å²) >= 11 is 0. The van der Waals surface area contributed by atoms with E-state index in [4.69, 9.17) is 5.11 Å². The Bertz CT molecular complexity index is 416. The third-order valence-corrected chi connectivity index (χ3v) is 2.57. The maximum Gasteiger partial charge on any atom is 0.330 e. The number of benzene rings is 1. The molecule has 1 rings (SSSR count). The molecule has 0 saturated carbocycles. The molecule has 0 spiro atoms. The van der Waals surface area contributed by atoms with Gasteiger partial charge in [0.1, 0.15) is 6.10 Å². The Balaban J connectivity index is 2.83. The Labute approximate surface area is 105 Å². The number of carboxylic acids is 1. The van der Waals surface area contributed by atoms with Crippen LogP contribution < -0.4 is 5.32 Å². The Hall–Kier alpha value is -1.88. The Morgan fingerprint density at radius 2 is 1.72 bits per heavy atom. The van der Waals surface area contributed by atoms with Crippen LogP contribution in [0, 0.1) is 5.92 Å². The van der Waals surface area contributed by atoms with Gasteiger partial charge < -0.3 is 15.5 Å². The molecule has 0 radical (unpaired) electrons. The van der Waals surface area contributed by atoms with Gasteiger partial charge in [0.2, 0.25) is 5.91 Å². The van der Waals surface area contributed by atoms with E-state index in [0.717, 1.165) is 0 Å². The van der Waals surface area contributed by atoms with Crippen LogP contribution in [-0.2, 0) is 9.59 Å². The molecule has 0 aliphatic carbocycles. The molecular formula is C13H17NO4. The van der Waals surface area contributed by atoms with Gasteiger partial charge in [0, 0.05) is 0 Å². The van der Waals surface area contributed by atoms with E-state index in [1.807, 2.05) is 0 Å². The number of hydrogen-bond acceptors (Lipinski definition) is 3. The van der Waals surface area contributed by atoms with Crippen molar-refractivity contribution in [3.05, 3.63) is 35.9 Å². The first-order valence-electron chi connectivity index (χ1n) is 5.69. The second-order valence-corrected chi connectivity index (χ2v) is 4.38. The first-order valence-corrected chi connectivity index (χ1v) is 5.69. The van der Waals surface area contributed by atoms with Crippen LogP contribution in [0.2, 0.25) is 0 Å². The number of aliphatic carboxylic acids is 1. The van der Waals surface area contributed by atoms with Crippen LogP contribution in [0.5, 0.6) is 0 Å². The Morgan fingerprint density at radius 1 is 1.17 bits per heavy atom. The van der Waals surface area contributed by atoms with E-state index in [1.165, 1.54) is 0 Å². The zero-order valence-electron chi connectivity index (χ0n) is 10.3. The number of aliphatic hydroxyl groups excluding tert-OH is 1. The van der Waals surface area contributed by atoms with Crippen LogP contribution in [0.4, 0.5) is 0 Å². The SMILES string of the molecule is CC(C)C(O)C(=O)NC(C(=O)O)c1ccccc1. The molecule has 2 atom stereocenters. The lowest BCUT2D eigenvalue weighted by Gasteiger charge is -2.19. The molecule has 0 aliphatic heterocycles. The van der Waals surface area contributed by atoms with E-state index in [1.54, 1.807) is 44.2 Å². The molecule has 5 nitrogen and oxygen atoms in total. The second-order valence-electron chi connectivity index (χ2n) is 4.38. The average Bonchev–Trinajstić information content (AvgIpc) is 2.35. The highest BCUT2D eigenvalue weighted by Crippen LogP contribution is 2.13. The lowest BCUT2D eigenvalue weighted by Crippen LogP contribution is -2.42. The molecule has 0 aliphatic rings. The molecule has 3 N–H and O–H groups in total. The normalized spacial score (nSPS) is 14.0. The summed E-state index contributed by atoms with van der Waals surface area (Å²) in [4.78, 5) is 22.8. The maximum atomic E-state index is 11.6. The van der Waals surface area contributed by atoms with Gasteiger partial charge in [0.15, 0.2) is 6.04 Å². The molecule has 0 aromatic heterocycles. The predicted molar refractivity (Wildman–Crippen MR) is 65.8 cm³/mol. The minimum atomic E-state index is -1.21. The van der Waals surface area contributed by atoms with Gasteiger partial charge in [-0.3, -0.25) is 4.79 Å². The highest BCUT2D eigenvalue weighted by molar-refractivity contribution is 5.87. The van der Waals surface area contributed by atoms with Crippen molar-refractivity contribution in [2.45, 2.75) is 26.0 Å². The molecule has 98 valence electrons. The van der Waals surface area contributed by atoms with Crippen molar-refractivity contribution < 1.29 is 19.8 Å². The average molecular weight is 251 g/mol. The number of amides is 1. The summed E-state index contributed by atoms with van der Waals surface area (Å²) < 4.78 is 0. The van der Waals surface area contributed by atoms with Crippen molar-refractivity contribution >= 4 is 11.9 Å². The molecule has 1 amide bonds. The fourth-order valence-corrected chi connectivity index (χ4v) is 1.46. The van der Waals surface area contributed by atoms with Crippen LogP contribution in [0.1, 0.15) is 25.5 Å². The van der Waals surface area contributed by atoms with Crippen LogP contribution >= 0.6 is 0 Å². The third kappa shape index (κ3) is 3.56. The summed E-state index contributed by atoms with van der Waals surface area (Å²) in [5.74, 6) is -2.11. The molecule has 0 bridgehead atoms. The van der Waals surface area contributed by atoms with E-state index >= 15 is 0 Å². The number of carboxylic acid groups (broad SMARTS) is 1. The summed E-state index contributed by atoms with van der Waals surface area (Å²) in [5, 5.41) is 21.0. The highest BCUT2D eigenvalue weighted by Gasteiger charge is 2.26. The van der Waals surface area contributed by atoms with Gasteiger partial charge in [-0.15, -0.1) is 0 Å². The zero-order chi connectivity index (χ0) is 13.7. The fraction of sp³-hybridized carbons (Fsp3) is 0.385. The molecule has 5 heteroatoms. The van der Waals surface area contributed by atoms with Crippen molar-refractivity contribution in [2.75, 3.05) is 0 Å². The van der Waals surface area contributed by atoms with Crippen LogP contribution in [0.3, 0.4) is 0 Å². The third-order valence-electron chi connectivity index (χ3n) is 2.57. The number of hydrogen-bond donors (Lipinski definition) is 3. The van der Waals surface area contributed by atoms with Gasteiger partial charge >= 0.3 is 5.97 Å². The van der Waals surface area contributed by atoms with Crippen LogP contribution in [0.25, 0.3) is 0 Å². The zero-order valence-corrected chi connectivity index (χ0v) is 10.3. The minimum Gasteiger partial charge on any atom is -0.479 e.